The zero-order valence-corrected chi connectivity index (χ0v) is 12.4. The first-order valence-electron chi connectivity index (χ1n) is 7.53. The van der Waals surface area contributed by atoms with Gasteiger partial charge in [0.15, 0.2) is 5.78 Å². The van der Waals surface area contributed by atoms with Crippen molar-refractivity contribution in [2.24, 2.45) is 16.2 Å². The van der Waals surface area contributed by atoms with Crippen molar-refractivity contribution in [3.05, 3.63) is 11.1 Å². The fourth-order valence-corrected chi connectivity index (χ4v) is 5.05. The Morgan fingerprint density at radius 1 is 1.00 bits per heavy atom. The van der Waals surface area contributed by atoms with Crippen LogP contribution in [0.3, 0.4) is 0 Å². The minimum atomic E-state index is 0.344. The molecule has 1 nitrogen and oxygen atoms in total. The summed E-state index contributed by atoms with van der Waals surface area (Å²) in [5.41, 5.74) is 4.03. The molecule has 1 spiro atoms. The number of carbonyl (C=O) groups is 1. The molecule has 3 saturated carbocycles. The van der Waals surface area contributed by atoms with Crippen LogP contribution < -0.4 is 0 Å². The van der Waals surface area contributed by atoms with E-state index in [1.807, 2.05) is 0 Å². The van der Waals surface area contributed by atoms with Crippen LogP contribution in [-0.4, -0.2) is 5.78 Å². The van der Waals surface area contributed by atoms with E-state index in [1.54, 1.807) is 12.5 Å². The van der Waals surface area contributed by atoms with Crippen molar-refractivity contribution in [1.29, 1.82) is 0 Å². The van der Waals surface area contributed by atoms with Gasteiger partial charge in [0.05, 0.1) is 0 Å². The molecule has 4 aliphatic rings. The molecule has 0 aromatic carbocycles. The summed E-state index contributed by atoms with van der Waals surface area (Å²) in [6.07, 6.45) is 8.80. The molecule has 1 heteroatoms. The molecule has 100 valence electrons. The maximum atomic E-state index is 12.0. The molecule has 4 rings (SSSR count). The number of hydrogen-bond donors (Lipinski definition) is 0. The summed E-state index contributed by atoms with van der Waals surface area (Å²) in [6.45, 7) is 9.09. The molecule has 0 aromatic heterocycles. The first-order chi connectivity index (χ1) is 8.30. The summed E-state index contributed by atoms with van der Waals surface area (Å²) in [6, 6.07) is 0. The van der Waals surface area contributed by atoms with E-state index in [2.05, 4.69) is 20.8 Å². The van der Waals surface area contributed by atoms with E-state index in [0.29, 0.717) is 22.0 Å². The minimum Gasteiger partial charge on any atom is -0.295 e. The first-order valence-corrected chi connectivity index (χ1v) is 7.53. The van der Waals surface area contributed by atoms with E-state index in [9.17, 15) is 4.79 Å². The number of allylic oxidation sites excluding steroid dienone is 2. The second-order valence-electron chi connectivity index (χ2n) is 7.97. The van der Waals surface area contributed by atoms with Crippen molar-refractivity contribution >= 4 is 5.78 Å². The van der Waals surface area contributed by atoms with E-state index < -0.39 is 0 Å². The molecule has 0 heterocycles. The highest BCUT2D eigenvalue weighted by molar-refractivity contribution is 5.94. The second kappa shape index (κ2) is 3.49. The lowest BCUT2D eigenvalue weighted by molar-refractivity contribution is -0.115. The molecular weight excluding hydrogens is 220 g/mol. The zero-order chi connectivity index (χ0) is 13.2. The fraction of sp³-hybridized carbons (Fsp3) is 0.824. The number of carbonyl (C=O) groups excluding carboxylic acids is 1. The third kappa shape index (κ3) is 1.42. The quantitative estimate of drug-likeness (QED) is 0.657. The number of rotatable bonds is 1. The van der Waals surface area contributed by atoms with Crippen LogP contribution in [0.4, 0.5) is 0 Å². The average Bonchev–Trinajstić information content (AvgIpc) is 2.28. The van der Waals surface area contributed by atoms with E-state index in [0.717, 1.165) is 6.42 Å². The summed E-state index contributed by atoms with van der Waals surface area (Å²) in [5.74, 6) is 0.344. The summed E-state index contributed by atoms with van der Waals surface area (Å²) >= 11 is 0. The van der Waals surface area contributed by atoms with Crippen molar-refractivity contribution < 1.29 is 4.79 Å². The largest absolute Gasteiger partial charge is 0.295 e. The smallest absolute Gasteiger partial charge is 0.155 e. The van der Waals surface area contributed by atoms with E-state index in [1.165, 1.54) is 44.1 Å². The van der Waals surface area contributed by atoms with Crippen molar-refractivity contribution in [1.82, 2.24) is 0 Å². The molecule has 0 aromatic rings. The number of hydrogen-bond acceptors (Lipinski definition) is 1. The highest BCUT2D eigenvalue weighted by Gasteiger charge is 2.58. The summed E-state index contributed by atoms with van der Waals surface area (Å²) in [7, 11) is 0. The predicted molar refractivity (Wildman–Crippen MR) is 74.3 cm³/mol. The lowest BCUT2D eigenvalue weighted by Crippen LogP contribution is -2.52. The average molecular weight is 246 g/mol. The first kappa shape index (κ1) is 12.4. The monoisotopic (exact) mass is 246 g/mol. The highest BCUT2D eigenvalue weighted by atomic mass is 16.1. The van der Waals surface area contributed by atoms with Gasteiger partial charge in [-0.1, -0.05) is 26.3 Å². The molecule has 0 atom stereocenters. The van der Waals surface area contributed by atoms with Crippen LogP contribution in [0.2, 0.25) is 0 Å². The highest BCUT2D eigenvalue weighted by Crippen LogP contribution is 2.69. The Morgan fingerprint density at radius 3 is 2.17 bits per heavy atom. The van der Waals surface area contributed by atoms with Gasteiger partial charge in [0.2, 0.25) is 0 Å². The van der Waals surface area contributed by atoms with Crippen LogP contribution in [-0.2, 0) is 4.79 Å². The number of Topliss-reactive ketones (excluding diaryl/α,β-unsaturated/α-hetero) is 1. The molecular formula is C17H26O. The zero-order valence-electron chi connectivity index (χ0n) is 12.4. The Labute approximate surface area is 111 Å². The molecule has 0 amide bonds. The fourth-order valence-electron chi connectivity index (χ4n) is 5.05. The molecule has 3 fully saturated rings. The Morgan fingerprint density at radius 2 is 1.61 bits per heavy atom. The number of fused-ring (bicyclic) bond motifs is 2. The van der Waals surface area contributed by atoms with E-state index >= 15 is 0 Å². The van der Waals surface area contributed by atoms with Crippen LogP contribution in [0, 0.1) is 16.2 Å². The van der Waals surface area contributed by atoms with Gasteiger partial charge in [-0.3, -0.25) is 4.79 Å². The summed E-state index contributed by atoms with van der Waals surface area (Å²) in [4.78, 5) is 12.0. The molecule has 0 aliphatic heterocycles. The third-order valence-corrected chi connectivity index (χ3v) is 6.58. The van der Waals surface area contributed by atoms with Gasteiger partial charge < -0.3 is 0 Å². The van der Waals surface area contributed by atoms with Gasteiger partial charge in [-0.2, -0.15) is 0 Å². The van der Waals surface area contributed by atoms with Crippen LogP contribution in [0.25, 0.3) is 0 Å². The van der Waals surface area contributed by atoms with E-state index in [4.69, 9.17) is 0 Å². The molecule has 2 bridgehead atoms. The van der Waals surface area contributed by atoms with Crippen molar-refractivity contribution in [3.63, 3.8) is 0 Å². The van der Waals surface area contributed by atoms with Crippen LogP contribution >= 0.6 is 0 Å². The topological polar surface area (TPSA) is 17.1 Å². The SMILES string of the molecule is CC(=O)C1=C2CC3(C)CCC2(CC3)C(C)(C)CC1. The standard InChI is InChI=1S/C17H26O/c1-12(18)13-5-6-15(2,3)17-9-7-16(4,8-10-17)11-14(13)17/h5-11H2,1-4H3. The predicted octanol–water partition coefficient (Wildman–Crippen LogP) is 4.66. The van der Waals surface area contributed by atoms with E-state index in [-0.39, 0.29) is 0 Å². The van der Waals surface area contributed by atoms with Gasteiger partial charge in [0.25, 0.3) is 0 Å². The van der Waals surface area contributed by atoms with Gasteiger partial charge in [-0.05, 0) is 73.7 Å². The normalized spacial score (nSPS) is 41.8. The third-order valence-electron chi connectivity index (χ3n) is 6.58. The van der Waals surface area contributed by atoms with Crippen molar-refractivity contribution in [3.8, 4) is 0 Å². The molecule has 0 N–H and O–H groups in total. The minimum absolute atomic E-state index is 0.344. The van der Waals surface area contributed by atoms with Gasteiger partial charge in [0.1, 0.15) is 0 Å². The maximum Gasteiger partial charge on any atom is 0.155 e. The van der Waals surface area contributed by atoms with Crippen molar-refractivity contribution in [2.75, 3.05) is 0 Å². The van der Waals surface area contributed by atoms with Crippen molar-refractivity contribution in [2.45, 2.75) is 72.6 Å². The molecule has 18 heavy (non-hydrogen) atoms. The Bertz CT molecular complexity index is 431. The number of ketones is 1. The summed E-state index contributed by atoms with van der Waals surface area (Å²) < 4.78 is 0. The second-order valence-corrected chi connectivity index (χ2v) is 7.97. The maximum absolute atomic E-state index is 12.0. The lowest BCUT2D eigenvalue weighted by Gasteiger charge is -2.63. The van der Waals surface area contributed by atoms with Gasteiger partial charge in [-0.15, -0.1) is 0 Å². The lowest BCUT2D eigenvalue weighted by atomic mass is 9.42. The van der Waals surface area contributed by atoms with Gasteiger partial charge in [0, 0.05) is 0 Å². The van der Waals surface area contributed by atoms with Crippen LogP contribution in [0.1, 0.15) is 72.6 Å². The molecule has 0 radical (unpaired) electrons. The van der Waals surface area contributed by atoms with Gasteiger partial charge >= 0.3 is 0 Å². The van der Waals surface area contributed by atoms with Gasteiger partial charge in [-0.25, -0.2) is 0 Å². The Hall–Kier alpha value is -0.590. The van der Waals surface area contributed by atoms with Crippen LogP contribution in [0.15, 0.2) is 11.1 Å². The molecule has 4 aliphatic carbocycles. The Balaban J connectivity index is 2.17. The summed E-state index contributed by atoms with van der Waals surface area (Å²) in [5, 5.41) is 0. The molecule has 0 unspecified atom stereocenters. The van der Waals surface area contributed by atoms with Crippen LogP contribution in [0.5, 0.6) is 0 Å². The molecule has 0 saturated heterocycles. The Kier molecular flexibility index (Phi) is 2.41.